The number of rotatable bonds is 4. The topological polar surface area (TPSA) is 59.4 Å². The predicted octanol–water partition coefficient (Wildman–Crippen LogP) is 4.12. The van der Waals surface area contributed by atoms with Gasteiger partial charge < -0.3 is 15.3 Å². The van der Waals surface area contributed by atoms with E-state index in [1.54, 1.807) is 30.3 Å². The Hall–Kier alpha value is -0.520. The van der Waals surface area contributed by atoms with Crippen LogP contribution in [0.3, 0.4) is 0 Å². The molecule has 1 aromatic carbocycles. The van der Waals surface area contributed by atoms with E-state index in [4.69, 9.17) is 33.4 Å². The van der Waals surface area contributed by atoms with Crippen molar-refractivity contribution >= 4 is 39.1 Å². The fourth-order valence-corrected chi connectivity index (χ4v) is 2.78. The summed E-state index contributed by atoms with van der Waals surface area (Å²) in [5.74, 6) is 0.0798. The predicted molar refractivity (Wildman–Crippen MR) is 79.6 cm³/mol. The third kappa shape index (κ3) is 3.33. The van der Waals surface area contributed by atoms with Crippen molar-refractivity contribution in [3.63, 3.8) is 0 Å². The van der Waals surface area contributed by atoms with Crippen LogP contribution in [-0.4, -0.2) is 11.7 Å². The highest BCUT2D eigenvalue weighted by Gasteiger charge is 2.26. The lowest BCUT2D eigenvalue weighted by Gasteiger charge is -2.21. The lowest BCUT2D eigenvalue weighted by atomic mass is 9.92. The van der Waals surface area contributed by atoms with Crippen LogP contribution in [0.25, 0.3) is 0 Å². The number of benzene rings is 1. The first-order chi connectivity index (χ1) is 9.02. The Bertz CT molecular complexity index is 574. The lowest BCUT2D eigenvalue weighted by molar-refractivity contribution is 0.120. The van der Waals surface area contributed by atoms with Crippen LogP contribution in [0.1, 0.15) is 23.3 Å². The highest BCUT2D eigenvalue weighted by Crippen LogP contribution is 2.36. The van der Waals surface area contributed by atoms with Crippen molar-refractivity contribution < 1.29 is 9.52 Å². The van der Waals surface area contributed by atoms with Gasteiger partial charge in [-0.15, -0.1) is 0 Å². The summed E-state index contributed by atoms with van der Waals surface area (Å²) in [7, 11) is 0. The maximum Gasteiger partial charge on any atom is 0.169 e. The second-order valence-corrected chi connectivity index (χ2v) is 5.72. The Morgan fingerprint density at radius 1 is 1.26 bits per heavy atom. The second kappa shape index (κ2) is 6.29. The molecule has 0 radical (unpaired) electrons. The van der Waals surface area contributed by atoms with Gasteiger partial charge in [0.15, 0.2) is 4.67 Å². The number of halogens is 3. The molecule has 2 rings (SSSR count). The highest BCUT2D eigenvalue weighted by atomic mass is 79.9. The molecule has 1 aromatic heterocycles. The second-order valence-electron chi connectivity index (χ2n) is 4.09. The quantitative estimate of drug-likeness (QED) is 0.857. The van der Waals surface area contributed by atoms with Crippen LogP contribution >= 0.6 is 39.1 Å². The van der Waals surface area contributed by atoms with Crippen molar-refractivity contribution in [1.29, 1.82) is 0 Å². The van der Waals surface area contributed by atoms with Crippen molar-refractivity contribution in [3.05, 3.63) is 56.4 Å². The van der Waals surface area contributed by atoms with E-state index in [0.717, 1.165) is 5.56 Å². The molecule has 0 aliphatic carbocycles. The van der Waals surface area contributed by atoms with Gasteiger partial charge in [-0.2, -0.15) is 0 Å². The minimum Gasteiger partial charge on any atom is -0.452 e. The third-order valence-electron chi connectivity index (χ3n) is 2.88. The normalized spacial score (nSPS) is 14.4. The molecule has 0 amide bonds. The molecule has 2 unspecified atom stereocenters. The zero-order chi connectivity index (χ0) is 14.0. The summed E-state index contributed by atoms with van der Waals surface area (Å²) in [6, 6.07) is 8.53. The summed E-state index contributed by atoms with van der Waals surface area (Å²) in [6.45, 7) is 0.237. The molecule has 19 heavy (non-hydrogen) atoms. The summed E-state index contributed by atoms with van der Waals surface area (Å²) in [4.78, 5) is 0. The van der Waals surface area contributed by atoms with Gasteiger partial charge >= 0.3 is 0 Å². The van der Waals surface area contributed by atoms with Crippen LogP contribution in [0.15, 0.2) is 39.4 Å². The number of hydrogen-bond acceptors (Lipinski definition) is 3. The molecule has 6 heteroatoms. The van der Waals surface area contributed by atoms with E-state index in [2.05, 4.69) is 15.9 Å². The Balaban J connectivity index is 2.33. The molecule has 2 atom stereocenters. The van der Waals surface area contributed by atoms with Crippen molar-refractivity contribution in [3.8, 4) is 0 Å². The number of hydrogen-bond donors (Lipinski definition) is 2. The van der Waals surface area contributed by atoms with Crippen molar-refractivity contribution in [2.24, 2.45) is 5.73 Å². The third-order valence-corrected chi connectivity index (χ3v) is 3.87. The van der Waals surface area contributed by atoms with Crippen LogP contribution in [-0.2, 0) is 0 Å². The molecular formula is C13H12BrCl2NO2. The van der Waals surface area contributed by atoms with Crippen LogP contribution in [0.2, 0.25) is 10.0 Å². The van der Waals surface area contributed by atoms with Crippen LogP contribution in [0, 0.1) is 0 Å². The first-order valence-corrected chi connectivity index (χ1v) is 7.16. The summed E-state index contributed by atoms with van der Waals surface area (Å²) in [6.07, 6.45) is -0.866. The molecule has 0 saturated heterocycles. The molecule has 1 heterocycles. The fourth-order valence-electron chi connectivity index (χ4n) is 1.91. The van der Waals surface area contributed by atoms with Gasteiger partial charge in [0.1, 0.15) is 11.9 Å². The summed E-state index contributed by atoms with van der Waals surface area (Å²) < 4.78 is 5.91. The van der Waals surface area contributed by atoms with Crippen LogP contribution in [0.5, 0.6) is 0 Å². The van der Waals surface area contributed by atoms with Crippen molar-refractivity contribution in [2.45, 2.75) is 12.0 Å². The van der Waals surface area contributed by atoms with Gasteiger partial charge in [-0.25, -0.2) is 0 Å². The maximum absolute atomic E-state index is 10.4. The van der Waals surface area contributed by atoms with Gasteiger partial charge in [0.05, 0.1) is 0 Å². The summed E-state index contributed by atoms with van der Waals surface area (Å²) >= 11 is 15.2. The van der Waals surface area contributed by atoms with Crippen LogP contribution in [0.4, 0.5) is 0 Å². The molecular weight excluding hydrogens is 353 g/mol. The van der Waals surface area contributed by atoms with Gasteiger partial charge in [-0.3, -0.25) is 0 Å². The number of aliphatic hydroxyl groups excluding tert-OH is 1. The largest absolute Gasteiger partial charge is 0.452 e. The van der Waals surface area contributed by atoms with Crippen molar-refractivity contribution in [1.82, 2.24) is 0 Å². The summed E-state index contributed by atoms with van der Waals surface area (Å²) in [5, 5.41) is 11.4. The van der Waals surface area contributed by atoms with Crippen molar-refractivity contribution in [2.75, 3.05) is 6.54 Å². The van der Waals surface area contributed by atoms with E-state index in [9.17, 15) is 5.11 Å². The highest BCUT2D eigenvalue weighted by molar-refractivity contribution is 9.10. The monoisotopic (exact) mass is 363 g/mol. The minimum atomic E-state index is -0.866. The van der Waals surface area contributed by atoms with Gasteiger partial charge in [0, 0.05) is 22.5 Å². The SMILES string of the molecule is NCC(c1ccc(Cl)cc1Cl)C(O)c1ccc(Br)o1. The zero-order valence-electron chi connectivity index (χ0n) is 9.82. The van der Waals surface area contributed by atoms with Gasteiger partial charge in [-0.05, 0) is 45.8 Å². The van der Waals surface area contributed by atoms with Gasteiger partial charge in [0.2, 0.25) is 0 Å². The fraction of sp³-hybridized carbons (Fsp3) is 0.231. The smallest absolute Gasteiger partial charge is 0.169 e. The van der Waals surface area contributed by atoms with E-state index in [1.165, 1.54) is 0 Å². The first kappa shape index (κ1) is 14.9. The molecule has 3 N–H and O–H groups in total. The molecule has 0 aliphatic heterocycles. The minimum absolute atomic E-state index is 0.237. The molecule has 0 bridgehead atoms. The molecule has 0 aliphatic rings. The average molecular weight is 365 g/mol. The molecule has 2 aromatic rings. The Kier molecular flexibility index (Phi) is 4.92. The Labute approximate surface area is 129 Å². The molecule has 0 spiro atoms. The number of aliphatic hydroxyl groups is 1. The van der Waals surface area contributed by atoms with E-state index in [1.807, 2.05) is 0 Å². The van der Waals surface area contributed by atoms with E-state index >= 15 is 0 Å². The molecule has 0 saturated carbocycles. The molecule has 3 nitrogen and oxygen atoms in total. The molecule has 0 fully saturated rings. The number of nitrogens with two attached hydrogens (primary N) is 1. The van der Waals surface area contributed by atoms with E-state index in [-0.39, 0.29) is 12.5 Å². The lowest BCUT2D eigenvalue weighted by Crippen LogP contribution is -2.20. The van der Waals surface area contributed by atoms with E-state index in [0.29, 0.717) is 20.5 Å². The van der Waals surface area contributed by atoms with Crippen LogP contribution < -0.4 is 5.73 Å². The Morgan fingerprint density at radius 2 is 2.00 bits per heavy atom. The van der Waals surface area contributed by atoms with Gasteiger partial charge in [-0.1, -0.05) is 29.3 Å². The maximum atomic E-state index is 10.4. The number of furan rings is 1. The Morgan fingerprint density at radius 3 is 2.53 bits per heavy atom. The zero-order valence-corrected chi connectivity index (χ0v) is 12.9. The summed E-state index contributed by atoms with van der Waals surface area (Å²) in [5.41, 5.74) is 6.50. The molecule has 102 valence electrons. The van der Waals surface area contributed by atoms with Gasteiger partial charge in [0.25, 0.3) is 0 Å². The first-order valence-electron chi connectivity index (χ1n) is 5.61. The van der Waals surface area contributed by atoms with E-state index < -0.39 is 6.10 Å². The average Bonchev–Trinajstić information content (AvgIpc) is 2.79. The standard InChI is InChI=1S/C13H12BrCl2NO2/c14-12-4-3-11(19-12)13(18)9(6-17)8-2-1-7(15)5-10(8)16/h1-5,9,13,18H,6,17H2.